The van der Waals surface area contributed by atoms with E-state index < -0.39 is 11.6 Å². The molecule has 0 spiro atoms. The summed E-state index contributed by atoms with van der Waals surface area (Å²) in [6, 6.07) is 7.30. The van der Waals surface area contributed by atoms with E-state index in [1.165, 1.54) is 12.1 Å². The fourth-order valence-corrected chi connectivity index (χ4v) is 3.07. The molecule has 4 nitrogen and oxygen atoms in total. The van der Waals surface area contributed by atoms with Crippen LogP contribution in [0.2, 0.25) is 0 Å². The number of amides is 1. The third kappa shape index (κ3) is 4.82. The number of pyridine rings is 1. The Kier molecular flexibility index (Phi) is 5.71. The minimum Gasteiger partial charge on any atom is -0.341 e. The van der Waals surface area contributed by atoms with Crippen LogP contribution in [0, 0.1) is 11.6 Å². The summed E-state index contributed by atoms with van der Waals surface area (Å²) >= 11 is 0. The molecule has 25 heavy (non-hydrogen) atoms. The lowest BCUT2D eigenvalue weighted by Crippen LogP contribution is -2.36. The fraction of sp³-hybridized carbons (Fsp3) is 0.368. The van der Waals surface area contributed by atoms with Gasteiger partial charge >= 0.3 is 0 Å². The predicted molar refractivity (Wildman–Crippen MR) is 90.8 cm³/mol. The molecule has 2 aromatic rings. The molecule has 3 rings (SSSR count). The summed E-state index contributed by atoms with van der Waals surface area (Å²) in [5.74, 6) is -1.41. The van der Waals surface area contributed by atoms with Gasteiger partial charge in [0.25, 0.3) is 0 Å². The minimum absolute atomic E-state index is 0.0330. The van der Waals surface area contributed by atoms with Crippen molar-refractivity contribution in [3.63, 3.8) is 0 Å². The van der Waals surface area contributed by atoms with Crippen molar-refractivity contribution < 1.29 is 13.6 Å². The molecule has 2 heterocycles. The zero-order valence-electron chi connectivity index (χ0n) is 14.0. The number of aromatic nitrogens is 1. The quantitative estimate of drug-likeness (QED) is 0.855. The van der Waals surface area contributed by atoms with E-state index in [4.69, 9.17) is 0 Å². The topological polar surface area (TPSA) is 36.4 Å². The Balaban J connectivity index is 1.56. The molecule has 0 radical (unpaired) electrons. The van der Waals surface area contributed by atoms with Crippen molar-refractivity contribution in [3.8, 4) is 0 Å². The summed E-state index contributed by atoms with van der Waals surface area (Å²) in [4.78, 5) is 20.6. The standard InChI is InChI=1S/C19H21F2N3O/c20-17-5-4-16(18(21)12-17)11-19(25)24-8-2-7-23(9-10-24)14-15-3-1-6-22-13-15/h1,3-6,12-13H,2,7-11,14H2. The van der Waals surface area contributed by atoms with E-state index in [1.807, 2.05) is 18.3 Å². The first-order chi connectivity index (χ1) is 12.1. The summed E-state index contributed by atoms with van der Waals surface area (Å²) in [5, 5.41) is 0. The van der Waals surface area contributed by atoms with E-state index in [9.17, 15) is 13.6 Å². The number of nitrogens with zero attached hydrogens (tertiary/aromatic N) is 3. The Morgan fingerprint density at radius 1 is 1.12 bits per heavy atom. The normalized spacial score (nSPS) is 15.8. The third-order valence-corrected chi connectivity index (χ3v) is 4.43. The molecule has 6 heteroatoms. The highest BCUT2D eigenvalue weighted by molar-refractivity contribution is 5.78. The van der Waals surface area contributed by atoms with Crippen molar-refractivity contribution in [2.24, 2.45) is 0 Å². The maximum absolute atomic E-state index is 13.7. The molecule has 0 bridgehead atoms. The van der Waals surface area contributed by atoms with Crippen LogP contribution in [0.25, 0.3) is 0 Å². The largest absolute Gasteiger partial charge is 0.341 e. The lowest BCUT2D eigenvalue weighted by Gasteiger charge is -2.22. The fourth-order valence-electron chi connectivity index (χ4n) is 3.07. The van der Waals surface area contributed by atoms with Crippen molar-refractivity contribution in [3.05, 3.63) is 65.5 Å². The lowest BCUT2D eigenvalue weighted by atomic mass is 10.1. The molecule has 0 aliphatic carbocycles. The number of carbonyl (C=O) groups is 1. The number of benzene rings is 1. The van der Waals surface area contributed by atoms with Gasteiger partial charge in [-0.05, 0) is 29.7 Å². The van der Waals surface area contributed by atoms with Gasteiger partial charge in [0.1, 0.15) is 11.6 Å². The predicted octanol–water partition coefficient (Wildman–Crippen LogP) is 2.64. The van der Waals surface area contributed by atoms with Gasteiger partial charge in [-0.15, -0.1) is 0 Å². The molecule has 0 saturated carbocycles. The summed E-state index contributed by atoms with van der Waals surface area (Å²) in [6.45, 7) is 3.76. The van der Waals surface area contributed by atoms with Crippen molar-refractivity contribution in [1.29, 1.82) is 0 Å². The van der Waals surface area contributed by atoms with Gasteiger partial charge in [-0.1, -0.05) is 12.1 Å². The SMILES string of the molecule is O=C(Cc1ccc(F)cc1F)N1CCCN(Cc2cccnc2)CC1. The van der Waals surface area contributed by atoms with Crippen LogP contribution in [0.4, 0.5) is 8.78 Å². The second kappa shape index (κ2) is 8.16. The lowest BCUT2D eigenvalue weighted by molar-refractivity contribution is -0.130. The summed E-state index contributed by atoms with van der Waals surface area (Å²) < 4.78 is 26.7. The maximum atomic E-state index is 13.7. The summed E-state index contributed by atoms with van der Waals surface area (Å²) in [7, 11) is 0. The van der Waals surface area contributed by atoms with Crippen LogP contribution in [-0.4, -0.2) is 46.9 Å². The first kappa shape index (κ1) is 17.5. The molecule has 1 aromatic heterocycles. The van der Waals surface area contributed by atoms with Crippen molar-refractivity contribution in [2.75, 3.05) is 26.2 Å². The maximum Gasteiger partial charge on any atom is 0.227 e. The molecular formula is C19H21F2N3O. The van der Waals surface area contributed by atoms with E-state index in [2.05, 4.69) is 9.88 Å². The van der Waals surface area contributed by atoms with Gasteiger partial charge in [-0.25, -0.2) is 8.78 Å². The number of halogens is 2. The highest BCUT2D eigenvalue weighted by Crippen LogP contribution is 2.13. The van der Waals surface area contributed by atoms with Crippen LogP contribution in [0.5, 0.6) is 0 Å². The zero-order valence-corrected chi connectivity index (χ0v) is 14.0. The minimum atomic E-state index is -0.665. The number of hydrogen-bond donors (Lipinski definition) is 0. The molecule has 0 N–H and O–H groups in total. The molecule has 0 unspecified atom stereocenters. The zero-order chi connectivity index (χ0) is 17.6. The van der Waals surface area contributed by atoms with Crippen molar-refractivity contribution >= 4 is 5.91 Å². The molecule has 1 saturated heterocycles. The van der Waals surface area contributed by atoms with Crippen LogP contribution < -0.4 is 0 Å². The third-order valence-electron chi connectivity index (χ3n) is 4.43. The van der Waals surface area contributed by atoms with Gasteiger partial charge in [-0.3, -0.25) is 14.7 Å². The second-order valence-corrected chi connectivity index (χ2v) is 6.28. The first-order valence-electron chi connectivity index (χ1n) is 8.45. The smallest absolute Gasteiger partial charge is 0.227 e. The second-order valence-electron chi connectivity index (χ2n) is 6.28. The van der Waals surface area contributed by atoms with Crippen molar-refractivity contribution in [1.82, 2.24) is 14.8 Å². The molecule has 1 fully saturated rings. The van der Waals surface area contributed by atoms with E-state index in [1.54, 1.807) is 11.1 Å². The molecule has 0 atom stereocenters. The molecule has 1 aromatic carbocycles. The Labute approximate surface area is 146 Å². The molecule has 1 aliphatic heterocycles. The van der Waals surface area contributed by atoms with Crippen LogP contribution >= 0.6 is 0 Å². The van der Waals surface area contributed by atoms with Crippen molar-refractivity contribution in [2.45, 2.75) is 19.4 Å². The first-order valence-corrected chi connectivity index (χ1v) is 8.45. The summed E-state index contributed by atoms with van der Waals surface area (Å²) in [6.07, 6.45) is 4.44. The Morgan fingerprint density at radius 2 is 2.00 bits per heavy atom. The van der Waals surface area contributed by atoms with E-state index >= 15 is 0 Å². The number of hydrogen-bond acceptors (Lipinski definition) is 3. The average Bonchev–Trinajstić information content (AvgIpc) is 2.84. The van der Waals surface area contributed by atoms with Gasteiger partial charge in [0.05, 0.1) is 6.42 Å². The Bertz CT molecular complexity index is 724. The highest BCUT2D eigenvalue weighted by Gasteiger charge is 2.20. The van der Waals surface area contributed by atoms with Gasteiger partial charge in [0.2, 0.25) is 5.91 Å². The summed E-state index contributed by atoms with van der Waals surface area (Å²) in [5.41, 5.74) is 1.39. The van der Waals surface area contributed by atoms with E-state index in [-0.39, 0.29) is 17.9 Å². The monoisotopic (exact) mass is 345 g/mol. The van der Waals surface area contributed by atoms with Crippen LogP contribution in [-0.2, 0) is 17.8 Å². The molecule has 132 valence electrons. The number of carbonyl (C=O) groups excluding carboxylic acids is 1. The number of rotatable bonds is 4. The molecule has 1 amide bonds. The molecular weight excluding hydrogens is 324 g/mol. The highest BCUT2D eigenvalue weighted by atomic mass is 19.1. The van der Waals surface area contributed by atoms with Crippen LogP contribution in [0.15, 0.2) is 42.7 Å². The van der Waals surface area contributed by atoms with Crippen LogP contribution in [0.1, 0.15) is 17.5 Å². The van der Waals surface area contributed by atoms with E-state index in [0.717, 1.165) is 37.7 Å². The van der Waals surface area contributed by atoms with Crippen LogP contribution in [0.3, 0.4) is 0 Å². The average molecular weight is 345 g/mol. The van der Waals surface area contributed by atoms with E-state index in [0.29, 0.717) is 13.1 Å². The Morgan fingerprint density at radius 3 is 2.76 bits per heavy atom. The van der Waals surface area contributed by atoms with Gasteiger partial charge in [0.15, 0.2) is 0 Å². The molecule has 1 aliphatic rings. The Hall–Kier alpha value is -2.34. The van der Waals surface area contributed by atoms with Gasteiger partial charge in [0, 0.05) is 51.2 Å². The van der Waals surface area contributed by atoms with Gasteiger partial charge < -0.3 is 4.90 Å². The van der Waals surface area contributed by atoms with Gasteiger partial charge in [-0.2, -0.15) is 0 Å².